The lowest BCUT2D eigenvalue weighted by Gasteiger charge is -2.17. The molecule has 0 aliphatic heterocycles. The Morgan fingerprint density at radius 3 is 2.35 bits per heavy atom. The van der Waals surface area contributed by atoms with Crippen molar-refractivity contribution in [3.8, 4) is 0 Å². The Labute approximate surface area is 126 Å². The van der Waals surface area contributed by atoms with E-state index >= 15 is 0 Å². The zero-order valence-electron chi connectivity index (χ0n) is 11.9. The summed E-state index contributed by atoms with van der Waals surface area (Å²) in [7, 11) is 0. The lowest BCUT2D eigenvalue weighted by molar-refractivity contribution is 0.736. The van der Waals surface area contributed by atoms with Crippen LogP contribution in [0.3, 0.4) is 0 Å². The topological polar surface area (TPSA) is 24.1 Å². The summed E-state index contributed by atoms with van der Waals surface area (Å²) in [5.74, 6) is 0.512. The predicted molar refractivity (Wildman–Crippen MR) is 91.4 cm³/mol. The number of hydrogen-bond donors (Lipinski definition) is 2. The Kier molecular flexibility index (Phi) is 5.13. The number of para-hydroxylation sites is 2. The zero-order valence-corrected chi connectivity index (χ0v) is 12.7. The number of thiocarbonyl (C=S) groups is 1. The van der Waals surface area contributed by atoms with Crippen LogP contribution in [0.2, 0.25) is 0 Å². The summed E-state index contributed by atoms with van der Waals surface area (Å²) in [4.78, 5) is 0. The van der Waals surface area contributed by atoms with Crippen LogP contribution in [0.4, 0.5) is 11.4 Å². The van der Waals surface area contributed by atoms with Crippen molar-refractivity contribution >= 4 is 28.7 Å². The Balaban J connectivity index is 2.08. The average Bonchev–Trinajstić information content (AvgIpc) is 2.48. The molecule has 1 atom stereocenters. The molecule has 0 saturated heterocycles. The minimum Gasteiger partial charge on any atom is -0.332 e. The third-order valence-electron chi connectivity index (χ3n) is 3.38. The van der Waals surface area contributed by atoms with Crippen molar-refractivity contribution in [2.75, 3.05) is 10.6 Å². The van der Waals surface area contributed by atoms with Crippen LogP contribution in [-0.4, -0.2) is 5.11 Å². The van der Waals surface area contributed by atoms with E-state index in [-0.39, 0.29) is 0 Å². The smallest absolute Gasteiger partial charge is 0.175 e. The lowest BCUT2D eigenvalue weighted by atomic mass is 9.97. The molecule has 0 amide bonds. The molecule has 2 aromatic carbocycles. The molecule has 0 saturated carbocycles. The second kappa shape index (κ2) is 7.06. The Hall–Kier alpha value is -1.87. The minimum atomic E-state index is 0.512. The molecule has 0 heterocycles. The second-order valence-corrected chi connectivity index (χ2v) is 5.25. The van der Waals surface area contributed by atoms with E-state index in [9.17, 15) is 0 Å². The maximum atomic E-state index is 5.38. The first-order valence-electron chi connectivity index (χ1n) is 6.92. The summed E-state index contributed by atoms with van der Waals surface area (Å²) in [6.07, 6.45) is 1.11. The van der Waals surface area contributed by atoms with E-state index in [1.54, 1.807) is 0 Å². The number of hydrogen-bond acceptors (Lipinski definition) is 1. The molecule has 0 fully saturated rings. The van der Waals surface area contributed by atoms with Crippen LogP contribution >= 0.6 is 12.2 Å². The van der Waals surface area contributed by atoms with E-state index in [0.717, 1.165) is 17.8 Å². The van der Waals surface area contributed by atoms with Gasteiger partial charge in [0.2, 0.25) is 0 Å². The van der Waals surface area contributed by atoms with Crippen molar-refractivity contribution in [2.45, 2.75) is 26.2 Å². The molecule has 2 rings (SSSR count). The first kappa shape index (κ1) is 14.5. The molecule has 0 aliphatic rings. The van der Waals surface area contributed by atoms with Gasteiger partial charge in [-0.05, 0) is 48.3 Å². The highest BCUT2D eigenvalue weighted by Crippen LogP contribution is 2.26. The third kappa shape index (κ3) is 3.81. The molecule has 0 spiro atoms. The molecule has 0 aliphatic carbocycles. The fourth-order valence-electron chi connectivity index (χ4n) is 2.07. The van der Waals surface area contributed by atoms with Crippen LogP contribution in [-0.2, 0) is 0 Å². The van der Waals surface area contributed by atoms with Gasteiger partial charge in [0.05, 0.1) is 0 Å². The minimum absolute atomic E-state index is 0.512. The fourth-order valence-corrected chi connectivity index (χ4v) is 2.29. The van der Waals surface area contributed by atoms with Gasteiger partial charge in [-0.3, -0.25) is 0 Å². The van der Waals surface area contributed by atoms with Crippen LogP contribution in [0.25, 0.3) is 0 Å². The van der Waals surface area contributed by atoms with Crippen LogP contribution in [0.15, 0.2) is 54.6 Å². The molecule has 20 heavy (non-hydrogen) atoms. The summed E-state index contributed by atoms with van der Waals surface area (Å²) >= 11 is 5.38. The van der Waals surface area contributed by atoms with E-state index in [0.29, 0.717) is 11.0 Å². The van der Waals surface area contributed by atoms with Crippen molar-refractivity contribution in [2.24, 2.45) is 0 Å². The van der Waals surface area contributed by atoms with E-state index in [1.165, 1.54) is 5.56 Å². The van der Waals surface area contributed by atoms with Crippen molar-refractivity contribution < 1.29 is 0 Å². The van der Waals surface area contributed by atoms with Crippen LogP contribution in [0, 0.1) is 0 Å². The van der Waals surface area contributed by atoms with Gasteiger partial charge in [-0.15, -0.1) is 0 Å². The Bertz CT molecular complexity index is 566. The molecule has 3 heteroatoms. The van der Waals surface area contributed by atoms with E-state index in [4.69, 9.17) is 12.2 Å². The summed E-state index contributed by atoms with van der Waals surface area (Å²) in [5.41, 5.74) is 3.37. The van der Waals surface area contributed by atoms with E-state index in [1.807, 2.05) is 36.4 Å². The number of anilines is 2. The SMILES string of the molecule is CC[C@H](C)c1ccccc1NC(=S)Nc1ccccc1. The van der Waals surface area contributed by atoms with Crippen molar-refractivity contribution in [1.29, 1.82) is 0 Å². The molecule has 2 N–H and O–H groups in total. The largest absolute Gasteiger partial charge is 0.332 e. The second-order valence-electron chi connectivity index (χ2n) is 4.84. The van der Waals surface area contributed by atoms with Gasteiger partial charge in [-0.1, -0.05) is 50.2 Å². The van der Waals surface area contributed by atoms with E-state index in [2.05, 4.69) is 42.7 Å². The highest BCUT2D eigenvalue weighted by Gasteiger charge is 2.09. The highest BCUT2D eigenvalue weighted by molar-refractivity contribution is 7.80. The summed E-state index contributed by atoms with van der Waals surface area (Å²) < 4.78 is 0. The predicted octanol–water partition coefficient (Wildman–Crippen LogP) is 5.01. The fraction of sp³-hybridized carbons (Fsp3) is 0.235. The number of rotatable bonds is 4. The van der Waals surface area contributed by atoms with Gasteiger partial charge in [0.15, 0.2) is 5.11 Å². The molecular weight excluding hydrogens is 264 g/mol. The van der Waals surface area contributed by atoms with Gasteiger partial charge in [0.25, 0.3) is 0 Å². The number of benzene rings is 2. The zero-order chi connectivity index (χ0) is 14.4. The molecule has 2 aromatic rings. The Morgan fingerprint density at radius 1 is 1.00 bits per heavy atom. The van der Waals surface area contributed by atoms with Gasteiger partial charge in [0, 0.05) is 11.4 Å². The van der Waals surface area contributed by atoms with E-state index < -0.39 is 0 Å². The maximum absolute atomic E-state index is 5.38. The molecule has 0 aromatic heterocycles. The van der Waals surface area contributed by atoms with Crippen LogP contribution < -0.4 is 10.6 Å². The molecular formula is C17H20N2S. The molecule has 0 radical (unpaired) electrons. The molecule has 104 valence electrons. The van der Waals surface area contributed by atoms with Crippen LogP contribution in [0.5, 0.6) is 0 Å². The molecule has 2 nitrogen and oxygen atoms in total. The monoisotopic (exact) mass is 284 g/mol. The molecule has 0 unspecified atom stereocenters. The van der Waals surface area contributed by atoms with Crippen molar-refractivity contribution in [1.82, 2.24) is 0 Å². The maximum Gasteiger partial charge on any atom is 0.175 e. The first-order chi connectivity index (χ1) is 9.70. The normalized spacial score (nSPS) is 11.7. The quantitative estimate of drug-likeness (QED) is 0.772. The van der Waals surface area contributed by atoms with Gasteiger partial charge in [0.1, 0.15) is 0 Å². The lowest BCUT2D eigenvalue weighted by Crippen LogP contribution is -2.20. The molecule has 0 bridgehead atoms. The van der Waals surface area contributed by atoms with Crippen LogP contribution in [0.1, 0.15) is 31.7 Å². The average molecular weight is 284 g/mol. The van der Waals surface area contributed by atoms with Gasteiger partial charge >= 0.3 is 0 Å². The summed E-state index contributed by atoms with van der Waals surface area (Å²) in [5, 5.41) is 7.11. The third-order valence-corrected chi connectivity index (χ3v) is 3.59. The summed E-state index contributed by atoms with van der Waals surface area (Å²) in [6.45, 7) is 4.43. The van der Waals surface area contributed by atoms with Gasteiger partial charge < -0.3 is 10.6 Å². The Morgan fingerprint density at radius 2 is 1.65 bits per heavy atom. The van der Waals surface area contributed by atoms with Crippen molar-refractivity contribution in [3.63, 3.8) is 0 Å². The van der Waals surface area contributed by atoms with Gasteiger partial charge in [-0.25, -0.2) is 0 Å². The highest BCUT2D eigenvalue weighted by atomic mass is 32.1. The number of nitrogens with one attached hydrogen (secondary N) is 2. The van der Waals surface area contributed by atoms with Crippen molar-refractivity contribution in [3.05, 3.63) is 60.2 Å². The standard InChI is InChI=1S/C17H20N2S/c1-3-13(2)15-11-7-8-12-16(15)19-17(20)18-14-9-5-4-6-10-14/h4-13H,3H2,1-2H3,(H2,18,19,20)/t13-/m0/s1. The summed E-state index contributed by atoms with van der Waals surface area (Å²) in [6, 6.07) is 18.3. The van der Waals surface area contributed by atoms with Gasteiger partial charge in [-0.2, -0.15) is 0 Å². The first-order valence-corrected chi connectivity index (χ1v) is 7.33.